The molecule has 0 rings (SSSR count). The molecule has 0 bridgehead atoms. The van der Waals surface area contributed by atoms with Gasteiger partial charge in [0.25, 0.3) is 0 Å². The van der Waals surface area contributed by atoms with Crippen LogP contribution in [-0.2, 0) is 19.2 Å². The van der Waals surface area contributed by atoms with Crippen molar-refractivity contribution in [2.75, 3.05) is 0 Å². The van der Waals surface area contributed by atoms with E-state index in [-0.39, 0.29) is 17.8 Å². The lowest BCUT2D eigenvalue weighted by molar-refractivity contribution is -0.142. The molecule has 0 saturated heterocycles. The third-order valence-corrected chi connectivity index (χ3v) is 4.97. The average molecular weight is 429 g/mol. The van der Waals surface area contributed by atoms with Crippen molar-refractivity contribution in [3.8, 4) is 0 Å². The molecule has 0 fully saturated rings. The highest BCUT2D eigenvalue weighted by Gasteiger charge is 2.30. The quantitative estimate of drug-likeness (QED) is 0.295. The zero-order chi connectivity index (χ0) is 23.6. The van der Waals surface area contributed by atoms with Crippen molar-refractivity contribution in [2.24, 2.45) is 23.5 Å². The normalized spacial score (nSPS) is 16.3. The number of nitrogens with one attached hydrogen (secondary N) is 3. The Morgan fingerprint density at radius 2 is 1.17 bits per heavy atom. The van der Waals surface area contributed by atoms with Gasteiger partial charge >= 0.3 is 5.97 Å². The number of hydrogen-bond acceptors (Lipinski definition) is 5. The highest BCUT2D eigenvalue weighted by molar-refractivity contribution is 5.94. The number of carboxylic acid groups (broad SMARTS) is 1. The molecule has 0 spiro atoms. The SMILES string of the molecule is CCC(C)C(N)C(=O)NC(CC(C)C)C(=O)NC(CC(C)C)C(=O)NC(C)C(=O)O. The van der Waals surface area contributed by atoms with Crippen molar-refractivity contribution >= 4 is 23.7 Å². The second kappa shape index (κ2) is 13.2. The molecule has 5 atom stereocenters. The zero-order valence-electron chi connectivity index (χ0n) is 19.3. The van der Waals surface area contributed by atoms with Gasteiger partial charge in [-0.1, -0.05) is 48.0 Å². The number of carbonyl (C=O) groups excluding carboxylic acids is 3. The number of carbonyl (C=O) groups is 4. The van der Waals surface area contributed by atoms with Gasteiger partial charge < -0.3 is 26.8 Å². The standard InChI is InChI=1S/C21H40N4O5/c1-8-13(6)17(22)20(28)25-16(10-12(4)5)19(27)24-15(9-11(2)3)18(26)23-14(7)21(29)30/h11-17H,8-10,22H2,1-7H3,(H,23,26)(H,24,27)(H,25,28)(H,29,30). The van der Waals surface area contributed by atoms with Gasteiger partial charge in [0, 0.05) is 0 Å². The number of rotatable bonds is 13. The molecule has 0 aromatic rings. The van der Waals surface area contributed by atoms with Crippen LogP contribution in [0.2, 0.25) is 0 Å². The predicted octanol–water partition coefficient (Wildman–Crippen LogP) is 1.01. The first-order valence-electron chi connectivity index (χ1n) is 10.7. The summed E-state index contributed by atoms with van der Waals surface area (Å²) in [5.74, 6) is -2.47. The molecule has 0 aromatic carbocycles. The van der Waals surface area contributed by atoms with Crippen LogP contribution in [0.1, 0.15) is 67.7 Å². The summed E-state index contributed by atoms with van der Waals surface area (Å²) >= 11 is 0. The minimum Gasteiger partial charge on any atom is -0.480 e. The minimum atomic E-state index is -1.16. The molecule has 6 N–H and O–H groups in total. The van der Waals surface area contributed by atoms with Crippen LogP contribution < -0.4 is 21.7 Å². The largest absolute Gasteiger partial charge is 0.480 e. The Morgan fingerprint density at radius 3 is 1.53 bits per heavy atom. The van der Waals surface area contributed by atoms with Crippen molar-refractivity contribution in [1.82, 2.24) is 16.0 Å². The molecule has 0 aliphatic carbocycles. The second-order valence-corrected chi connectivity index (χ2v) is 8.86. The molecular weight excluding hydrogens is 388 g/mol. The van der Waals surface area contributed by atoms with Crippen LogP contribution in [0.25, 0.3) is 0 Å². The van der Waals surface area contributed by atoms with E-state index in [0.29, 0.717) is 12.8 Å². The van der Waals surface area contributed by atoms with Gasteiger partial charge in [0.15, 0.2) is 0 Å². The summed E-state index contributed by atoms with van der Waals surface area (Å²) in [6.07, 6.45) is 1.44. The van der Waals surface area contributed by atoms with Gasteiger partial charge in [-0.05, 0) is 37.5 Å². The van der Waals surface area contributed by atoms with E-state index in [2.05, 4.69) is 16.0 Å². The Bertz CT molecular complexity index is 594. The first-order chi connectivity index (χ1) is 13.8. The molecule has 0 aromatic heterocycles. The second-order valence-electron chi connectivity index (χ2n) is 8.86. The molecule has 0 radical (unpaired) electrons. The topological polar surface area (TPSA) is 151 Å². The summed E-state index contributed by atoms with van der Waals surface area (Å²) < 4.78 is 0. The van der Waals surface area contributed by atoms with Crippen molar-refractivity contribution in [3.63, 3.8) is 0 Å². The Hall–Kier alpha value is -2.16. The smallest absolute Gasteiger partial charge is 0.325 e. The first kappa shape index (κ1) is 27.8. The molecule has 0 saturated carbocycles. The number of aliphatic carboxylic acids is 1. The number of amides is 3. The van der Waals surface area contributed by atoms with Crippen molar-refractivity contribution in [3.05, 3.63) is 0 Å². The molecule has 174 valence electrons. The first-order valence-corrected chi connectivity index (χ1v) is 10.7. The Kier molecular flexibility index (Phi) is 12.3. The van der Waals surface area contributed by atoms with Crippen LogP contribution in [-0.4, -0.2) is 53.0 Å². The number of hydrogen-bond donors (Lipinski definition) is 5. The van der Waals surface area contributed by atoms with E-state index < -0.39 is 47.9 Å². The van der Waals surface area contributed by atoms with Crippen LogP contribution in [0.4, 0.5) is 0 Å². The fourth-order valence-electron chi connectivity index (χ4n) is 2.83. The van der Waals surface area contributed by atoms with Crippen molar-refractivity contribution < 1.29 is 24.3 Å². The minimum absolute atomic E-state index is 0.0373. The van der Waals surface area contributed by atoms with E-state index >= 15 is 0 Å². The maximum atomic E-state index is 12.9. The lowest BCUT2D eigenvalue weighted by atomic mass is 9.97. The maximum absolute atomic E-state index is 12.9. The monoisotopic (exact) mass is 428 g/mol. The van der Waals surface area contributed by atoms with Crippen LogP contribution >= 0.6 is 0 Å². The van der Waals surface area contributed by atoms with Crippen molar-refractivity contribution in [2.45, 2.75) is 91.9 Å². The summed E-state index contributed by atoms with van der Waals surface area (Å²) in [7, 11) is 0. The lowest BCUT2D eigenvalue weighted by Gasteiger charge is -2.27. The molecule has 9 heteroatoms. The molecule has 5 unspecified atom stereocenters. The van der Waals surface area contributed by atoms with Gasteiger partial charge in [-0.15, -0.1) is 0 Å². The van der Waals surface area contributed by atoms with Crippen molar-refractivity contribution in [1.29, 1.82) is 0 Å². The Labute approximate surface area is 179 Å². The third kappa shape index (κ3) is 10.0. The maximum Gasteiger partial charge on any atom is 0.325 e. The molecule has 9 nitrogen and oxygen atoms in total. The van der Waals surface area contributed by atoms with Crippen LogP contribution in [0.15, 0.2) is 0 Å². The van der Waals surface area contributed by atoms with Gasteiger partial charge in [-0.3, -0.25) is 19.2 Å². The van der Waals surface area contributed by atoms with Crippen LogP contribution in [0.3, 0.4) is 0 Å². The van der Waals surface area contributed by atoms with Gasteiger partial charge in [0.05, 0.1) is 6.04 Å². The van der Waals surface area contributed by atoms with E-state index in [1.54, 1.807) is 0 Å². The zero-order valence-corrected chi connectivity index (χ0v) is 19.3. The molecule has 3 amide bonds. The molecule has 0 heterocycles. The molecular formula is C21H40N4O5. The van der Waals surface area contributed by atoms with E-state index in [4.69, 9.17) is 10.8 Å². The van der Waals surface area contributed by atoms with Gasteiger partial charge in [-0.25, -0.2) is 0 Å². The fraction of sp³-hybridized carbons (Fsp3) is 0.810. The Morgan fingerprint density at radius 1 is 0.767 bits per heavy atom. The summed E-state index contributed by atoms with van der Waals surface area (Å²) in [6, 6.07) is -3.56. The predicted molar refractivity (Wildman–Crippen MR) is 115 cm³/mol. The van der Waals surface area contributed by atoms with Crippen LogP contribution in [0, 0.1) is 17.8 Å². The highest BCUT2D eigenvalue weighted by atomic mass is 16.4. The summed E-state index contributed by atoms with van der Waals surface area (Å²) in [4.78, 5) is 49.0. The number of carboxylic acids is 1. The van der Waals surface area contributed by atoms with E-state index in [1.165, 1.54) is 6.92 Å². The molecule has 0 aliphatic heterocycles. The van der Waals surface area contributed by atoms with E-state index in [9.17, 15) is 19.2 Å². The van der Waals surface area contributed by atoms with Gasteiger partial charge in [0.2, 0.25) is 17.7 Å². The van der Waals surface area contributed by atoms with Crippen LogP contribution in [0.5, 0.6) is 0 Å². The fourth-order valence-corrected chi connectivity index (χ4v) is 2.83. The highest BCUT2D eigenvalue weighted by Crippen LogP contribution is 2.11. The molecule has 30 heavy (non-hydrogen) atoms. The lowest BCUT2D eigenvalue weighted by Crippen LogP contribution is -2.57. The summed E-state index contributed by atoms with van der Waals surface area (Å²) in [6.45, 7) is 12.8. The average Bonchev–Trinajstić information content (AvgIpc) is 2.64. The number of nitrogens with two attached hydrogens (primary N) is 1. The van der Waals surface area contributed by atoms with Gasteiger partial charge in [0.1, 0.15) is 18.1 Å². The van der Waals surface area contributed by atoms with E-state index in [0.717, 1.165) is 6.42 Å². The summed E-state index contributed by atoms with van der Waals surface area (Å²) in [5.41, 5.74) is 5.99. The molecule has 0 aliphatic rings. The summed E-state index contributed by atoms with van der Waals surface area (Å²) in [5, 5.41) is 16.8. The van der Waals surface area contributed by atoms with Gasteiger partial charge in [-0.2, -0.15) is 0 Å². The third-order valence-electron chi connectivity index (χ3n) is 4.97. The van der Waals surface area contributed by atoms with E-state index in [1.807, 2.05) is 41.5 Å². The Balaban J connectivity index is 5.39.